The van der Waals surface area contributed by atoms with E-state index in [1.165, 1.54) is 19.1 Å². The average molecular weight is 529 g/mol. The van der Waals surface area contributed by atoms with E-state index in [0.717, 1.165) is 16.8 Å². The van der Waals surface area contributed by atoms with Crippen LogP contribution in [0.2, 0.25) is 0 Å². The number of aromatic nitrogens is 2. The quantitative estimate of drug-likeness (QED) is 0.288. The van der Waals surface area contributed by atoms with Crippen LogP contribution in [0.4, 0.5) is 4.39 Å². The highest BCUT2D eigenvalue weighted by atomic mass is 31.2. The molecule has 36 heavy (non-hydrogen) atoms. The Morgan fingerprint density at radius 1 is 1.25 bits per heavy atom. The van der Waals surface area contributed by atoms with Crippen LogP contribution in [0.15, 0.2) is 52.2 Å². The smallest absolute Gasteiger partial charge is 0.459 e. The summed E-state index contributed by atoms with van der Waals surface area (Å²) in [5.41, 5.74) is -1.51. The van der Waals surface area contributed by atoms with Crippen LogP contribution >= 0.6 is 7.75 Å². The Bertz CT molecular complexity index is 1190. The molecule has 6 atom stereocenters. The predicted octanol–water partition coefficient (Wildman–Crippen LogP) is 1.51. The summed E-state index contributed by atoms with van der Waals surface area (Å²) in [6, 6.07) is 7.99. The number of esters is 1. The molecule has 1 aliphatic rings. The molecule has 0 amide bonds. The number of rotatable bonds is 11. The minimum absolute atomic E-state index is 0.171. The van der Waals surface area contributed by atoms with Gasteiger partial charge in [-0.3, -0.25) is 28.1 Å². The normalized spacial score (nSPS) is 24.3. The highest BCUT2D eigenvalue weighted by molar-refractivity contribution is 7.52. The largest absolute Gasteiger partial charge is 0.462 e. The number of alkyl halides is 1. The number of nitrogens with one attached hydrogen (secondary N) is 2. The first kappa shape index (κ1) is 27.8. The van der Waals surface area contributed by atoms with E-state index in [-0.39, 0.29) is 5.75 Å². The molecule has 3 rings (SSSR count). The van der Waals surface area contributed by atoms with Crippen LogP contribution in [0.1, 0.15) is 27.0 Å². The first-order valence-electron chi connectivity index (χ1n) is 11.2. The first-order valence-corrected chi connectivity index (χ1v) is 12.8. The van der Waals surface area contributed by atoms with Gasteiger partial charge in [0.2, 0.25) is 0 Å². The van der Waals surface area contributed by atoms with E-state index in [0.29, 0.717) is 0 Å². The summed E-state index contributed by atoms with van der Waals surface area (Å²) < 4.78 is 50.2. The lowest BCUT2D eigenvalue weighted by atomic mass is 10.00. The first-order chi connectivity index (χ1) is 17.0. The number of para-hydroxylation sites is 1. The fourth-order valence-electron chi connectivity index (χ4n) is 3.51. The average Bonchev–Trinajstić information content (AvgIpc) is 3.13. The van der Waals surface area contributed by atoms with Crippen molar-refractivity contribution in [2.45, 2.75) is 51.4 Å². The summed E-state index contributed by atoms with van der Waals surface area (Å²) in [5, 5.41) is 13.1. The Morgan fingerprint density at radius 2 is 1.94 bits per heavy atom. The van der Waals surface area contributed by atoms with Crippen molar-refractivity contribution in [1.29, 1.82) is 0 Å². The number of halogens is 1. The number of aliphatic hydroxyl groups is 1. The van der Waals surface area contributed by atoms with E-state index in [4.69, 9.17) is 18.5 Å². The molecule has 0 aliphatic carbocycles. The number of carbonyl (C=O) groups excluding carboxylic acids is 1. The fraction of sp³-hybridized carbons (Fsp3) is 0.500. The van der Waals surface area contributed by atoms with Crippen LogP contribution in [0.3, 0.4) is 0 Å². The highest BCUT2D eigenvalue weighted by Gasteiger charge is 2.46. The summed E-state index contributed by atoms with van der Waals surface area (Å²) in [5.74, 6) is -1.68. The monoisotopic (exact) mass is 529 g/mol. The molecule has 0 unspecified atom stereocenters. The molecular weight excluding hydrogens is 500 g/mol. The van der Waals surface area contributed by atoms with E-state index >= 15 is 0 Å². The van der Waals surface area contributed by atoms with Gasteiger partial charge in [-0.1, -0.05) is 18.2 Å². The third kappa shape index (κ3) is 6.89. The van der Waals surface area contributed by atoms with Crippen LogP contribution in [0.25, 0.3) is 0 Å². The molecule has 1 saturated heterocycles. The second-order valence-electron chi connectivity index (χ2n) is 8.43. The summed E-state index contributed by atoms with van der Waals surface area (Å²) in [6.45, 7) is 3.16. The van der Waals surface area contributed by atoms with Gasteiger partial charge in [-0.2, -0.15) is 5.09 Å². The maximum Gasteiger partial charge on any atom is 0.459 e. The zero-order chi connectivity index (χ0) is 26.5. The van der Waals surface area contributed by atoms with E-state index in [9.17, 15) is 28.4 Å². The standard InChI is InChI=1S/C22H29FN3O9P/c1-13(2)33-21(29)14(3)25-36(31,35-15-7-5-4-6-8-15)32-12-17-16(11-23)19(28)20(34-17)26-10-9-18(27)24-22(26)30/h4-10,13-14,16-17,19-20,28H,11-12H2,1-3H3,(H,25,31)(H,24,27,30)/t14-,16+,17+,19+,20+,36-/m0/s1. The van der Waals surface area contributed by atoms with Crippen LogP contribution in [0, 0.1) is 5.92 Å². The molecule has 1 fully saturated rings. The molecular formula is C22H29FN3O9P. The molecule has 0 spiro atoms. The van der Waals surface area contributed by atoms with Gasteiger partial charge in [-0.05, 0) is 32.9 Å². The Kier molecular flexibility index (Phi) is 9.20. The SMILES string of the molecule is CC(C)OC(=O)[C@H](C)N[P@](=O)(OC[C@H]1O[C@@H](n2ccc(=O)[nH]c2=O)[C@H](O)[C@@H]1CF)Oc1ccccc1. The number of hydrogen-bond donors (Lipinski definition) is 3. The van der Waals surface area contributed by atoms with E-state index in [2.05, 4.69) is 5.09 Å². The molecule has 198 valence electrons. The zero-order valence-electron chi connectivity index (χ0n) is 19.9. The maximum absolute atomic E-state index is 13.8. The molecule has 0 radical (unpaired) electrons. The summed E-state index contributed by atoms with van der Waals surface area (Å²) in [4.78, 5) is 37.8. The molecule has 3 N–H and O–H groups in total. The molecule has 2 aromatic rings. The van der Waals surface area contributed by atoms with Crippen LogP contribution in [-0.2, 0) is 23.4 Å². The molecule has 14 heteroatoms. The van der Waals surface area contributed by atoms with Crippen molar-refractivity contribution >= 4 is 13.7 Å². The molecule has 2 heterocycles. The summed E-state index contributed by atoms with van der Waals surface area (Å²) in [6.07, 6.45) is -3.26. The topological polar surface area (TPSA) is 158 Å². The van der Waals surface area contributed by atoms with Crippen molar-refractivity contribution in [3.63, 3.8) is 0 Å². The minimum Gasteiger partial charge on any atom is -0.462 e. The van der Waals surface area contributed by atoms with Gasteiger partial charge in [0.25, 0.3) is 5.56 Å². The Labute approximate surface area is 205 Å². The number of carbonyl (C=O) groups is 1. The molecule has 1 aromatic carbocycles. The van der Waals surface area contributed by atoms with Crippen molar-refractivity contribution in [3.8, 4) is 5.75 Å². The molecule has 1 aromatic heterocycles. The van der Waals surface area contributed by atoms with Gasteiger partial charge in [0, 0.05) is 18.2 Å². The van der Waals surface area contributed by atoms with Crippen LogP contribution in [0.5, 0.6) is 5.75 Å². The lowest BCUT2D eigenvalue weighted by Gasteiger charge is -2.25. The maximum atomic E-state index is 13.8. The van der Waals surface area contributed by atoms with Gasteiger partial charge in [-0.15, -0.1) is 0 Å². The Morgan fingerprint density at radius 3 is 2.56 bits per heavy atom. The lowest BCUT2D eigenvalue weighted by Crippen LogP contribution is -2.37. The van der Waals surface area contributed by atoms with E-state index < -0.39 is 74.7 Å². The number of H-pyrrole nitrogens is 1. The van der Waals surface area contributed by atoms with Crippen LogP contribution in [-0.4, -0.2) is 58.3 Å². The Hall–Kier alpha value is -2.83. The number of aliphatic hydroxyl groups excluding tert-OH is 1. The molecule has 0 bridgehead atoms. The molecule has 0 saturated carbocycles. The predicted molar refractivity (Wildman–Crippen MR) is 125 cm³/mol. The zero-order valence-corrected chi connectivity index (χ0v) is 20.8. The number of benzene rings is 1. The number of hydrogen-bond acceptors (Lipinski definition) is 9. The van der Waals surface area contributed by atoms with Crippen LogP contribution < -0.4 is 20.9 Å². The molecule has 1 aliphatic heterocycles. The minimum atomic E-state index is -4.26. The van der Waals surface area contributed by atoms with Crippen molar-refractivity contribution in [2.75, 3.05) is 13.3 Å². The fourth-order valence-corrected chi connectivity index (χ4v) is 5.01. The summed E-state index contributed by atoms with van der Waals surface area (Å²) in [7, 11) is -4.26. The third-order valence-electron chi connectivity index (χ3n) is 5.26. The van der Waals surface area contributed by atoms with Crippen molar-refractivity contribution in [1.82, 2.24) is 14.6 Å². The molecule has 12 nitrogen and oxygen atoms in total. The number of nitrogens with zero attached hydrogens (tertiary/aromatic N) is 1. The van der Waals surface area contributed by atoms with E-state index in [1.807, 2.05) is 4.98 Å². The Balaban J connectivity index is 1.79. The van der Waals surface area contributed by atoms with Crippen molar-refractivity contribution in [3.05, 3.63) is 63.4 Å². The van der Waals surface area contributed by atoms with Gasteiger partial charge in [0.1, 0.15) is 17.9 Å². The second-order valence-corrected chi connectivity index (χ2v) is 10.1. The van der Waals surface area contributed by atoms with Gasteiger partial charge >= 0.3 is 19.4 Å². The number of aromatic amines is 1. The van der Waals surface area contributed by atoms with Crippen molar-refractivity contribution < 1.29 is 37.4 Å². The third-order valence-corrected chi connectivity index (χ3v) is 6.90. The number of ether oxygens (including phenoxy) is 2. The summed E-state index contributed by atoms with van der Waals surface area (Å²) >= 11 is 0. The van der Waals surface area contributed by atoms with Gasteiger partial charge in [-0.25, -0.2) is 9.36 Å². The van der Waals surface area contributed by atoms with Gasteiger partial charge < -0.3 is 19.1 Å². The lowest BCUT2D eigenvalue weighted by molar-refractivity contribution is -0.149. The van der Waals surface area contributed by atoms with Crippen molar-refractivity contribution in [2.24, 2.45) is 5.92 Å². The van der Waals surface area contributed by atoms with Gasteiger partial charge in [0.05, 0.1) is 25.5 Å². The highest BCUT2D eigenvalue weighted by Crippen LogP contribution is 2.46. The second kappa shape index (κ2) is 11.9. The van der Waals surface area contributed by atoms with E-state index in [1.54, 1.807) is 32.0 Å². The van der Waals surface area contributed by atoms with Gasteiger partial charge in [0.15, 0.2) is 6.23 Å².